The number of ether oxygens (including phenoxy) is 1. The van der Waals surface area contributed by atoms with E-state index in [1.54, 1.807) is 24.1 Å². The molecule has 3 aromatic rings. The fourth-order valence-corrected chi connectivity index (χ4v) is 2.79. The Morgan fingerprint density at radius 3 is 2.86 bits per heavy atom. The third-order valence-electron chi connectivity index (χ3n) is 2.91. The van der Waals surface area contributed by atoms with Crippen molar-refractivity contribution in [3.05, 3.63) is 53.3 Å². The molecule has 0 atom stereocenters. The fraction of sp³-hybridized carbons (Fsp3) is 0.143. The lowest BCUT2D eigenvalue weighted by Gasteiger charge is -2.08. The summed E-state index contributed by atoms with van der Waals surface area (Å²) in [7, 11) is 1.62. The summed E-state index contributed by atoms with van der Waals surface area (Å²) in [6.07, 6.45) is 1.74. The van der Waals surface area contributed by atoms with Crippen molar-refractivity contribution in [2.24, 2.45) is 0 Å². The molecular weight excluding hydrogens is 322 g/mol. The molecule has 0 fully saturated rings. The average molecular weight is 334 g/mol. The van der Waals surface area contributed by atoms with E-state index in [4.69, 9.17) is 16.3 Å². The standard InChI is InChI=1S/C14H12ClN5OS/c1-21-12-5-3-2-4-11(12)20-14(17-18-19-20)22-9-10-6-7-13(15)16-8-10/h2-8H,9H2,1H3. The second kappa shape index (κ2) is 6.76. The third-order valence-corrected chi connectivity index (χ3v) is 4.12. The maximum Gasteiger partial charge on any atom is 0.214 e. The first kappa shape index (κ1) is 14.8. The van der Waals surface area contributed by atoms with Crippen LogP contribution < -0.4 is 4.74 Å². The van der Waals surface area contributed by atoms with E-state index in [9.17, 15) is 0 Å². The van der Waals surface area contributed by atoms with E-state index in [0.29, 0.717) is 21.8 Å². The van der Waals surface area contributed by atoms with E-state index < -0.39 is 0 Å². The number of halogens is 1. The van der Waals surface area contributed by atoms with E-state index in [2.05, 4.69) is 20.5 Å². The number of methoxy groups -OCH3 is 1. The molecule has 0 N–H and O–H groups in total. The maximum atomic E-state index is 5.78. The topological polar surface area (TPSA) is 65.7 Å². The van der Waals surface area contributed by atoms with Gasteiger partial charge in [0.15, 0.2) is 0 Å². The van der Waals surface area contributed by atoms with Crippen molar-refractivity contribution >= 4 is 23.4 Å². The summed E-state index contributed by atoms with van der Waals surface area (Å²) in [4.78, 5) is 4.06. The Kier molecular flexibility index (Phi) is 4.55. The number of tetrazole rings is 1. The quantitative estimate of drug-likeness (QED) is 0.528. The number of hydrogen-bond acceptors (Lipinski definition) is 6. The van der Waals surface area contributed by atoms with E-state index >= 15 is 0 Å². The van der Waals surface area contributed by atoms with Gasteiger partial charge in [0.25, 0.3) is 0 Å². The third kappa shape index (κ3) is 3.20. The Morgan fingerprint density at radius 1 is 1.23 bits per heavy atom. The first-order valence-electron chi connectivity index (χ1n) is 6.43. The number of para-hydroxylation sites is 2. The van der Waals surface area contributed by atoms with E-state index in [1.807, 2.05) is 30.3 Å². The van der Waals surface area contributed by atoms with Crippen molar-refractivity contribution in [1.82, 2.24) is 25.2 Å². The summed E-state index contributed by atoms with van der Waals surface area (Å²) in [5.41, 5.74) is 1.84. The van der Waals surface area contributed by atoms with E-state index in [0.717, 1.165) is 11.3 Å². The summed E-state index contributed by atoms with van der Waals surface area (Å²) in [6, 6.07) is 11.3. The van der Waals surface area contributed by atoms with Crippen LogP contribution in [-0.4, -0.2) is 32.3 Å². The van der Waals surface area contributed by atoms with Crippen LogP contribution in [-0.2, 0) is 5.75 Å². The number of aromatic nitrogens is 5. The molecule has 0 spiro atoms. The van der Waals surface area contributed by atoms with Gasteiger partial charge in [0.1, 0.15) is 16.6 Å². The number of pyridine rings is 1. The second-order valence-corrected chi connectivity index (χ2v) is 5.65. The van der Waals surface area contributed by atoms with Crippen molar-refractivity contribution in [2.45, 2.75) is 10.9 Å². The van der Waals surface area contributed by atoms with Crippen LogP contribution >= 0.6 is 23.4 Å². The molecule has 1 aromatic carbocycles. The molecular formula is C14H12ClN5OS. The average Bonchev–Trinajstić information content (AvgIpc) is 3.02. The molecule has 0 bridgehead atoms. The van der Waals surface area contributed by atoms with Gasteiger partial charge in [-0.15, -0.1) is 5.10 Å². The highest BCUT2D eigenvalue weighted by Crippen LogP contribution is 2.27. The van der Waals surface area contributed by atoms with Crippen molar-refractivity contribution in [2.75, 3.05) is 7.11 Å². The number of thioether (sulfide) groups is 1. The zero-order valence-corrected chi connectivity index (χ0v) is 13.3. The molecule has 0 radical (unpaired) electrons. The maximum absolute atomic E-state index is 5.78. The monoisotopic (exact) mass is 333 g/mol. The van der Waals surface area contributed by atoms with Crippen LogP contribution in [0.1, 0.15) is 5.56 Å². The summed E-state index contributed by atoms with van der Waals surface area (Å²) in [5.74, 6) is 1.41. The number of hydrogen-bond donors (Lipinski definition) is 0. The van der Waals surface area contributed by atoms with Crippen molar-refractivity contribution < 1.29 is 4.74 Å². The zero-order chi connectivity index (χ0) is 15.4. The smallest absolute Gasteiger partial charge is 0.214 e. The molecule has 6 nitrogen and oxygen atoms in total. The Hall–Kier alpha value is -2.12. The van der Waals surface area contributed by atoms with Crippen molar-refractivity contribution in [1.29, 1.82) is 0 Å². The minimum absolute atomic E-state index is 0.479. The highest BCUT2D eigenvalue weighted by atomic mass is 35.5. The Labute approximate surface area is 136 Å². The van der Waals surface area contributed by atoms with E-state index in [1.165, 1.54) is 11.8 Å². The molecule has 0 aliphatic carbocycles. The lowest BCUT2D eigenvalue weighted by atomic mass is 10.3. The highest BCUT2D eigenvalue weighted by molar-refractivity contribution is 7.98. The number of benzene rings is 1. The number of rotatable bonds is 5. The molecule has 2 aromatic heterocycles. The first-order chi connectivity index (χ1) is 10.8. The minimum atomic E-state index is 0.479. The molecule has 0 aliphatic heterocycles. The fourth-order valence-electron chi connectivity index (χ4n) is 1.86. The molecule has 0 saturated heterocycles. The highest BCUT2D eigenvalue weighted by Gasteiger charge is 2.13. The van der Waals surface area contributed by atoms with Gasteiger partial charge in [0.2, 0.25) is 5.16 Å². The molecule has 8 heteroatoms. The summed E-state index contributed by atoms with van der Waals surface area (Å²) < 4.78 is 7.01. The molecule has 0 amide bonds. The molecule has 3 rings (SSSR count). The Morgan fingerprint density at radius 2 is 2.09 bits per heavy atom. The lowest BCUT2D eigenvalue weighted by molar-refractivity contribution is 0.410. The summed E-state index contributed by atoms with van der Waals surface area (Å²) in [6.45, 7) is 0. The normalized spacial score (nSPS) is 10.6. The van der Waals surface area contributed by atoms with Gasteiger partial charge in [-0.25, -0.2) is 4.98 Å². The molecule has 2 heterocycles. The van der Waals surface area contributed by atoms with Crippen LogP contribution in [0.15, 0.2) is 47.8 Å². The predicted molar refractivity (Wildman–Crippen MR) is 84.5 cm³/mol. The van der Waals surface area contributed by atoms with Gasteiger partial charge < -0.3 is 4.74 Å². The van der Waals surface area contributed by atoms with E-state index in [-0.39, 0.29) is 0 Å². The van der Waals surface area contributed by atoms with Crippen molar-refractivity contribution in [3.63, 3.8) is 0 Å². The van der Waals surface area contributed by atoms with Crippen LogP contribution in [0.5, 0.6) is 5.75 Å². The van der Waals surface area contributed by atoms with Gasteiger partial charge in [0, 0.05) is 11.9 Å². The second-order valence-electron chi connectivity index (χ2n) is 4.32. The Bertz CT molecular complexity index is 762. The Balaban J connectivity index is 1.81. The molecule has 0 unspecified atom stereocenters. The van der Waals surface area contributed by atoms with Crippen molar-refractivity contribution in [3.8, 4) is 11.4 Å². The van der Waals surface area contributed by atoms with Crippen LogP contribution in [0.4, 0.5) is 0 Å². The largest absolute Gasteiger partial charge is 0.494 e. The van der Waals surface area contributed by atoms with Gasteiger partial charge in [-0.05, 0) is 34.2 Å². The van der Waals surface area contributed by atoms with Gasteiger partial charge >= 0.3 is 0 Å². The van der Waals surface area contributed by atoms with Gasteiger partial charge in [-0.1, -0.05) is 41.6 Å². The minimum Gasteiger partial charge on any atom is -0.494 e. The van der Waals surface area contributed by atoms with Crippen LogP contribution in [0, 0.1) is 0 Å². The van der Waals surface area contributed by atoms with Gasteiger partial charge in [-0.2, -0.15) is 4.68 Å². The zero-order valence-electron chi connectivity index (χ0n) is 11.7. The van der Waals surface area contributed by atoms with Gasteiger partial charge in [0.05, 0.1) is 7.11 Å². The molecule has 0 saturated carbocycles. The van der Waals surface area contributed by atoms with Gasteiger partial charge in [-0.3, -0.25) is 0 Å². The molecule has 112 valence electrons. The van der Waals surface area contributed by atoms with Crippen LogP contribution in [0.2, 0.25) is 5.15 Å². The summed E-state index contributed by atoms with van der Waals surface area (Å²) in [5, 5.41) is 13.0. The predicted octanol–water partition coefficient (Wildman–Crippen LogP) is 3.01. The SMILES string of the molecule is COc1ccccc1-n1nnnc1SCc1ccc(Cl)nc1. The molecule has 0 aliphatic rings. The molecule has 22 heavy (non-hydrogen) atoms. The van der Waals surface area contributed by atoms with Crippen LogP contribution in [0.25, 0.3) is 5.69 Å². The first-order valence-corrected chi connectivity index (χ1v) is 7.79. The number of nitrogens with zero attached hydrogens (tertiary/aromatic N) is 5. The summed E-state index contributed by atoms with van der Waals surface area (Å²) >= 11 is 7.30. The van der Waals surface area contributed by atoms with Crippen LogP contribution in [0.3, 0.4) is 0 Å². The lowest BCUT2D eigenvalue weighted by Crippen LogP contribution is -2.01.